The van der Waals surface area contributed by atoms with Crippen LogP contribution in [-0.4, -0.2) is 11.5 Å². The van der Waals surface area contributed by atoms with Crippen molar-refractivity contribution in [1.29, 1.82) is 0 Å². The van der Waals surface area contributed by atoms with Gasteiger partial charge in [-0.1, -0.05) is 13.0 Å². The second-order valence-electron chi connectivity index (χ2n) is 4.64. The SMILES string of the molecule is CCCNC(Cc1ccsc1)c1cncc(C)c1. The van der Waals surface area contributed by atoms with Crippen molar-refractivity contribution in [3.63, 3.8) is 0 Å². The van der Waals surface area contributed by atoms with Crippen LogP contribution in [0, 0.1) is 6.92 Å². The van der Waals surface area contributed by atoms with Gasteiger partial charge in [0.1, 0.15) is 0 Å². The fraction of sp³-hybridized carbons (Fsp3) is 0.400. The topological polar surface area (TPSA) is 24.9 Å². The van der Waals surface area contributed by atoms with Gasteiger partial charge in [-0.3, -0.25) is 4.98 Å². The van der Waals surface area contributed by atoms with Crippen molar-refractivity contribution in [1.82, 2.24) is 10.3 Å². The lowest BCUT2D eigenvalue weighted by molar-refractivity contribution is 0.528. The fourth-order valence-corrected chi connectivity index (χ4v) is 2.72. The Hall–Kier alpha value is -1.19. The van der Waals surface area contributed by atoms with Crippen LogP contribution in [0.25, 0.3) is 0 Å². The predicted molar refractivity (Wildman–Crippen MR) is 78.0 cm³/mol. The average Bonchev–Trinajstić information content (AvgIpc) is 2.87. The van der Waals surface area contributed by atoms with E-state index in [1.165, 1.54) is 16.7 Å². The Morgan fingerprint density at radius 3 is 2.94 bits per heavy atom. The van der Waals surface area contributed by atoms with Gasteiger partial charge in [-0.2, -0.15) is 11.3 Å². The summed E-state index contributed by atoms with van der Waals surface area (Å²) >= 11 is 1.76. The van der Waals surface area contributed by atoms with Crippen molar-refractivity contribution in [2.24, 2.45) is 0 Å². The molecule has 1 unspecified atom stereocenters. The molecule has 3 heteroatoms. The Bertz CT molecular complexity index is 465. The zero-order valence-corrected chi connectivity index (χ0v) is 11.8. The van der Waals surface area contributed by atoms with Crippen molar-refractivity contribution < 1.29 is 0 Å². The molecule has 0 saturated carbocycles. The van der Waals surface area contributed by atoms with Crippen LogP contribution >= 0.6 is 11.3 Å². The quantitative estimate of drug-likeness (QED) is 0.856. The third kappa shape index (κ3) is 3.65. The van der Waals surface area contributed by atoms with E-state index >= 15 is 0 Å². The smallest absolute Gasteiger partial charge is 0.0376 e. The third-order valence-corrected chi connectivity index (χ3v) is 3.69. The highest BCUT2D eigenvalue weighted by molar-refractivity contribution is 7.07. The number of nitrogens with zero attached hydrogens (tertiary/aromatic N) is 1. The number of aryl methyl sites for hydroxylation is 1. The van der Waals surface area contributed by atoms with E-state index in [1.54, 1.807) is 11.3 Å². The number of pyridine rings is 1. The first-order chi connectivity index (χ1) is 8.79. The van der Waals surface area contributed by atoms with Crippen molar-refractivity contribution in [2.75, 3.05) is 6.54 Å². The van der Waals surface area contributed by atoms with Gasteiger partial charge in [-0.25, -0.2) is 0 Å². The van der Waals surface area contributed by atoms with Crippen molar-refractivity contribution >= 4 is 11.3 Å². The summed E-state index contributed by atoms with van der Waals surface area (Å²) in [7, 11) is 0. The monoisotopic (exact) mass is 260 g/mol. The lowest BCUT2D eigenvalue weighted by Gasteiger charge is -2.18. The largest absolute Gasteiger partial charge is 0.310 e. The predicted octanol–water partition coefficient (Wildman–Crippen LogP) is 3.73. The molecule has 1 atom stereocenters. The molecule has 0 spiro atoms. The van der Waals surface area contributed by atoms with E-state index in [-0.39, 0.29) is 0 Å². The van der Waals surface area contributed by atoms with Gasteiger partial charge in [0, 0.05) is 18.4 Å². The van der Waals surface area contributed by atoms with Crippen LogP contribution in [0.15, 0.2) is 35.3 Å². The second kappa shape index (κ2) is 6.66. The molecule has 2 nitrogen and oxygen atoms in total. The van der Waals surface area contributed by atoms with Gasteiger partial charge < -0.3 is 5.32 Å². The van der Waals surface area contributed by atoms with Crippen LogP contribution in [0.1, 0.15) is 36.1 Å². The summed E-state index contributed by atoms with van der Waals surface area (Å²) < 4.78 is 0. The first-order valence-electron chi connectivity index (χ1n) is 6.45. The Labute approximate surface area is 113 Å². The molecular formula is C15H20N2S. The highest BCUT2D eigenvalue weighted by Gasteiger charge is 2.12. The van der Waals surface area contributed by atoms with Crippen LogP contribution in [0.5, 0.6) is 0 Å². The van der Waals surface area contributed by atoms with Gasteiger partial charge in [-0.15, -0.1) is 0 Å². The highest BCUT2D eigenvalue weighted by Crippen LogP contribution is 2.20. The maximum absolute atomic E-state index is 4.31. The summed E-state index contributed by atoms with van der Waals surface area (Å²) in [5.74, 6) is 0. The molecule has 0 aliphatic carbocycles. The molecule has 2 heterocycles. The molecule has 0 radical (unpaired) electrons. The highest BCUT2D eigenvalue weighted by atomic mass is 32.1. The van der Waals surface area contributed by atoms with Crippen LogP contribution in [0.4, 0.5) is 0 Å². The molecule has 2 aromatic heterocycles. The Morgan fingerprint density at radius 2 is 2.28 bits per heavy atom. The van der Waals surface area contributed by atoms with Gasteiger partial charge in [0.15, 0.2) is 0 Å². The Kier molecular flexibility index (Phi) is 4.90. The van der Waals surface area contributed by atoms with E-state index in [2.05, 4.69) is 47.0 Å². The van der Waals surface area contributed by atoms with Gasteiger partial charge in [-0.05, 0) is 59.8 Å². The first kappa shape index (κ1) is 13.2. The number of rotatable bonds is 6. The number of aromatic nitrogens is 1. The average molecular weight is 260 g/mol. The van der Waals surface area contributed by atoms with E-state index in [9.17, 15) is 0 Å². The minimum absolute atomic E-state index is 0.368. The van der Waals surface area contributed by atoms with Crippen molar-refractivity contribution in [2.45, 2.75) is 32.7 Å². The van der Waals surface area contributed by atoms with E-state index < -0.39 is 0 Å². The fourth-order valence-electron chi connectivity index (χ4n) is 2.04. The molecule has 0 fully saturated rings. The molecule has 96 valence electrons. The summed E-state index contributed by atoms with van der Waals surface area (Å²) in [4.78, 5) is 4.31. The molecule has 0 aromatic carbocycles. The van der Waals surface area contributed by atoms with Gasteiger partial charge in [0.05, 0.1) is 0 Å². The van der Waals surface area contributed by atoms with E-state index in [4.69, 9.17) is 0 Å². The lowest BCUT2D eigenvalue weighted by atomic mass is 10.0. The summed E-state index contributed by atoms with van der Waals surface area (Å²) in [5.41, 5.74) is 3.91. The summed E-state index contributed by atoms with van der Waals surface area (Å²) in [5, 5.41) is 7.98. The molecule has 18 heavy (non-hydrogen) atoms. The maximum Gasteiger partial charge on any atom is 0.0376 e. The lowest BCUT2D eigenvalue weighted by Crippen LogP contribution is -2.24. The normalized spacial score (nSPS) is 12.6. The van der Waals surface area contributed by atoms with E-state index in [1.807, 2.05) is 12.4 Å². The van der Waals surface area contributed by atoms with Gasteiger partial charge in [0.25, 0.3) is 0 Å². The Morgan fingerprint density at radius 1 is 1.39 bits per heavy atom. The molecule has 2 rings (SSSR count). The minimum atomic E-state index is 0.368. The summed E-state index contributed by atoms with van der Waals surface area (Å²) in [6.07, 6.45) is 6.08. The number of hydrogen-bond acceptors (Lipinski definition) is 3. The number of hydrogen-bond donors (Lipinski definition) is 1. The van der Waals surface area contributed by atoms with Crippen LogP contribution in [0.2, 0.25) is 0 Å². The molecule has 1 N–H and O–H groups in total. The molecule has 0 bridgehead atoms. The number of thiophene rings is 1. The zero-order chi connectivity index (χ0) is 12.8. The standard InChI is InChI=1S/C15H20N2S/c1-3-5-17-15(8-13-4-6-18-11-13)14-7-12(2)9-16-10-14/h4,6-7,9-11,15,17H,3,5,8H2,1-2H3. The minimum Gasteiger partial charge on any atom is -0.310 e. The van der Waals surface area contributed by atoms with Gasteiger partial charge >= 0.3 is 0 Å². The molecule has 0 saturated heterocycles. The molecule has 0 amide bonds. The van der Waals surface area contributed by atoms with Crippen LogP contribution in [-0.2, 0) is 6.42 Å². The van der Waals surface area contributed by atoms with Crippen LogP contribution < -0.4 is 5.32 Å². The van der Waals surface area contributed by atoms with Crippen molar-refractivity contribution in [3.8, 4) is 0 Å². The summed E-state index contributed by atoms with van der Waals surface area (Å²) in [6, 6.07) is 4.80. The first-order valence-corrected chi connectivity index (χ1v) is 7.40. The maximum atomic E-state index is 4.31. The zero-order valence-electron chi connectivity index (χ0n) is 11.0. The molecule has 0 aliphatic rings. The summed E-state index contributed by atoms with van der Waals surface area (Å²) in [6.45, 7) is 5.34. The van der Waals surface area contributed by atoms with Crippen LogP contribution in [0.3, 0.4) is 0 Å². The molecule has 2 aromatic rings. The van der Waals surface area contributed by atoms with Crippen molar-refractivity contribution in [3.05, 3.63) is 52.0 Å². The molecular weight excluding hydrogens is 240 g/mol. The Balaban J connectivity index is 2.13. The van der Waals surface area contributed by atoms with E-state index in [0.717, 1.165) is 19.4 Å². The second-order valence-corrected chi connectivity index (χ2v) is 5.42. The van der Waals surface area contributed by atoms with E-state index in [0.29, 0.717) is 6.04 Å². The van der Waals surface area contributed by atoms with Gasteiger partial charge in [0.2, 0.25) is 0 Å². The molecule has 0 aliphatic heterocycles. The number of nitrogens with one attached hydrogen (secondary N) is 1. The third-order valence-electron chi connectivity index (χ3n) is 2.96.